The summed E-state index contributed by atoms with van der Waals surface area (Å²) in [6.07, 6.45) is 5.78. The van der Waals surface area contributed by atoms with E-state index < -0.39 is 0 Å². The Hall–Kier alpha value is -1.09. The Morgan fingerprint density at radius 3 is 2.63 bits per heavy atom. The van der Waals surface area contributed by atoms with Crippen LogP contribution in [0.15, 0.2) is 18.2 Å². The standard InChI is InChI=1S/C16H23FN2/c1-11(18)9-13-3-2-4-15(17)16(13)19(14-7-8-14)10-12-5-6-12/h2-4,11-12,14H,5-10,18H2,1H3. The molecule has 0 aromatic heterocycles. The van der Waals surface area contributed by atoms with Crippen LogP contribution in [0.3, 0.4) is 0 Å². The molecule has 0 bridgehead atoms. The third-order valence-electron chi connectivity index (χ3n) is 4.04. The molecule has 2 fully saturated rings. The summed E-state index contributed by atoms with van der Waals surface area (Å²) in [5, 5.41) is 0. The van der Waals surface area contributed by atoms with Gasteiger partial charge in [0.05, 0.1) is 5.69 Å². The van der Waals surface area contributed by atoms with Gasteiger partial charge in [-0.25, -0.2) is 4.39 Å². The van der Waals surface area contributed by atoms with Crippen LogP contribution in [0.5, 0.6) is 0 Å². The maximum Gasteiger partial charge on any atom is 0.146 e. The van der Waals surface area contributed by atoms with Crippen LogP contribution in [0.25, 0.3) is 0 Å². The molecule has 2 nitrogen and oxygen atoms in total. The van der Waals surface area contributed by atoms with Crippen molar-refractivity contribution in [2.24, 2.45) is 11.7 Å². The highest BCUT2D eigenvalue weighted by Crippen LogP contribution is 2.40. The van der Waals surface area contributed by atoms with E-state index in [0.717, 1.165) is 30.1 Å². The number of halogens is 1. The first-order chi connectivity index (χ1) is 9.15. The van der Waals surface area contributed by atoms with Gasteiger partial charge >= 0.3 is 0 Å². The summed E-state index contributed by atoms with van der Waals surface area (Å²) < 4.78 is 14.3. The number of para-hydroxylation sites is 1. The fourth-order valence-electron chi connectivity index (χ4n) is 2.78. The molecule has 2 aliphatic rings. The second kappa shape index (κ2) is 5.12. The van der Waals surface area contributed by atoms with Crippen molar-refractivity contribution in [3.05, 3.63) is 29.6 Å². The smallest absolute Gasteiger partial charge is 0.146 e. The van der Waals surface area contributed by atoms with E-state index in [9.17, 15) is 4.39 Å². The van der Waals surface area contributed by atoms with Crippen LogP contribution < -0.4 is 10.6 Å². The largest absolute Gasteiger partial charge is 0.366 e. The average Bonchev–Trinajstić information content (AvgIpc) is 3.21. The van der Waals surface area contributed by atoms with Gasteiger partial charge in [-0.2, -0.15) is 0 Å². The summed E-state index contributed by atoms with van der Waals surface area (Å²) in [5.74, 6) is 0.703. The third kappa shape index (κ3) is 3.08. The molecule has 3 heteroatoms. The number of benzene rings is 1. The van der Waals surface area contributed by atoms with Gasteiger partial charge in [-0.3, -0.25) is 0 Å². The molecule has 19 heavy (non-hydrogen) atoms. The molecular weight excluding hydrogens is 239 g/mol. The molecule has 1 atom stereocenters. The van der Waals surface area contributed by atoms with Gasteiger partial charge in [0.1, 0.15) is 5.82 Å². The zero-order chi connectivity index (χ0) is 13.4. The molecule has 1 unspecified atom stereocenters. The number of hydrogen-bond donors (Lipinski definition) is 1. The fourth-order valence-corrected chi connectivity index (χ4v) is 2.78. The van der Waals surface area contributed by atoms with E-state index in [1.807, 2.05) is 13.0 Å². The maximum atomic E-state index is 14.3. The fraction of sp³-hybridized carbons (Fsp3) is 0.625. The van der Waals surface area contributed by atoms with Gasteiger partial charge in [0.2, 0.25) is 0 Å². The van der Waals surface area contributed by atoms with Crippen molar-refractivity contribution < 1.29 is 4.39 Å². The number of hydrogen-bond acceptors (Lipinski definition) is 2. The van der Waals surface area contributed by atoms with E-state index >= 15 is 0 Å². The zero-order valence-electron chi connectivity index (χ0n) is 11.6. The monoisotopic (exact) mass is 262 g/mol. The summed E-state index contributed by atoms with van der Waals surface area (Å²) >= 11 is 0. The van der Waals surface area contributed by atoms with Crippen molar-refractivity contribution in [1.82, 2.24) is 0 Å². The van der Waals surface area contributed by atoms with Crippen LogP contribution in [0.1, 0.15) is 38.2 Å². The summed E-state index contributed by atoms with van der Waals surface area (Å²) in [6, 6.07) is 6.05. The normalized spacial score (nSPS) is 20.4. The summed E-state index contributed by atoms with van der Waals surface area (Å²) in [4.78, 5) is 2.32. The van der Waals surface area contributed by atoms with Crippen LogP contribution in [0, 0.1) is 11.7 Å². The van der Waals surface area contributed by atoms with E-state index in [1.165, 1.54) is 25.7 Å². The molecule has 0 amide bonds. The van der Waals surface area contributed by atoms with Gasteiger partial charge in [-0.15, -0.1) is 0 Å². The number of nitrogens with two attached hydrogens (primary N) is 1. The van der Waals surface area contributed by atoms with Gasteiger partial charge in [-0.1, -0.05) is 12.1 Å². The summed E-state index contributed by atoms with van der Waals surface area (Å²) in [5.41, 5.74) is 7.81. The lowest BCUT2D eigenvalue weighted by atomic mass is 10.0. The van der Waals surface area contributed by atoms with Crippen molar-refractivity contribution in [3.63, 3.8) is 0 Å². The van der Waals surface area contributed by atoms with E-state index in [4.69, 9.17) is 5.73 Å². The van der Waals surface area contributed by atoms with E-state index in [-0.39, 0.29) is 11.9 Å². The number of rotatable bonds is 6. The number of anilines is 1. The molecule has 3 rings (SSSR count). The highest BCUT2D eigenvalue weighted by molar-refractivity contribution is 5.57. The minimum atomic E-state index is -0.0781. The summed E-state index contributed by atoms with van der Waals surface area (Å²) in [6.45, 7) is 3.01. The first-order valence-corrected chi connectivity index (χ1v) is 7.44. The Morgan fingerprint density at radius 2 is 2.05 bits per heavy atom. The highest BCUT2D eigenvalue weighted by Gasteiger charge is 2.35. The van der Waals surface area contributed by atoms with Crippen molar-refractivity contribution in [3.8, 4) is 0 Å². The molecule has 2 aliphatic carbocycles. The Kier molecular flexibility index (Phi) is 3.48. The topological polar surface area (TPSA) is 29.3 Å². The van der Waals surface area contributed by atoms with Crippen LogP contribution in [-0.2, 0) is 6.42 Å². The first-order valence-electron chi connectivity index (χ1n) is 7.44. The van der Waals surface area contributed by atoms with Crippen molar-refractivity contribution >= 4 is 5.69 Å². The molecule has 0 radical (unpaired) electrons. The SMILES string of the molecule is CC(N)Cc1cccc(F)c1N(CC1CC1)C1CC1. The van der Waals surface area contributed by atoms with Crippen LogP contribution in [-0.4, -0.2) is 18.6 Å². The van der Waals surface area contributed by atoms with Gasteiger partial charge in [0, 0.05) is 18.6 Å². The molecule has 0 saturated heterocycles. The van der Waals surface area contributed by atoms with E-state index in [0.29, 0.717) is 6.04 Å². The molecule has 0 heterocycles. The average molecular weight is 262 g/mol. The second-order valence-electron chi connectivity index (χ2n) is 6.26. The predicted molar refractivity (Wildman–Crippen MR) is 76.8 cm³/mol. The van der Waals surface area contributed by atoms with Gasteiger partial charge < -0.3 is 10.6 Å². The van der Waals surface area contributed by atoms with Gasteiger partial charge in [-0.05, 0) is 56.6 Å². The molecule has 0 spiro atoms. The minimum Gasteiger partial charge on any atom is -0.366 e. The van der Waals surface area contributed by atoms with Crippen LogP contribution >= 0.6 is 0 Å². The second-order valence-corrected chi connectivity index (χ2v) is 6.26. The lowest BCUT2D eigenvalue weighted by Crippen LogP contribution is -2.31. The van der Waals surface area contributed by atoms with Gasteiger partial charge in [0.25, 0.3) is 0 Å². The molecular formula is C16H23FN2. The first kappa shape index (κ1) is 12.9. The van der Waals surface area contributed by atoms with E-state index in [1.54, 1.807) is 12.1 Å². The lowest BCUT2D eigenvalue weighted by Gasteiger charge is -2.28. The highest BCUT2D eigenvalue weighted by atomic mass is 19.1. The number of nitrogens with zero attached hydrogens (tertiary/aromatic N) is 1. The minimum absolute atomic E-state index is 0.0718. The maximum absolute atomic E-state index is 14.3. The quantitative estimate of drug-likeness (QED) is 0.853. The van der Waals surface area contributed by atoms with Crippen molar-refractivity contribution in [2.75, 3.05) is 11.4 Å². The molecule has 104 valence electrons. The molecule has 2 saturated carbocycles. The molecule has 0 aliphatic heterocycles. The zero-order valence-corrected chi connectivity index (χ0v) is 11.6. The van der Waals surface area contributed by atoms with E-state index in [2.05, 4.69) is 4.90 Å². The van der Waals surface area contributed by atoms with Crippen LogP contribution in [0.4, 0.5) is 10.1 Å². The molecule has 1 aromatic rings. The Morgan fingerprint density at radius 1 is 1.32 bits per heavy atom. The van der Waals surface area contributed by atoms with Crippen LogP contribution in [0.2, 0.25) is 0 Å². The molecule has 2 N–H and O–H groups in total. The van der Waals surface area contributed by atoms with Gasteiger partial charge in [0.15, 0.2) is 0 Å². The Labute approximate surface area is 114 Å². The Balaban J connectivity index is 1.90. The molecule has 1 aromatic carbocycles. The van der Waals surface area contributed by atoms with Crippen molar-refractivity contribution in [1.29, 1.82) is 0 Å². The van der Waals surface area contributed by atoms with Crippen molar-refractivity contribution in [2.45, 2.75) is 51.1 Å². The lowest BCUT2D eigenvalue weighted by molar-refractivity contribution is 0.602. The Bertz CT molecular complexity index is 450. The predicted octanol–water partition coefficient (Wildman–Crippen LogP) is 3.09. The summed E-state index contributed by atoms with van der Waals surface area (Å²) in [7, 11) is 0. The third-order valence-corrected chi connectivity index (χ3v) is 4.04.